The van der Waals surface area contributed by atoms with E-state index >= 15 is 0 Å². The minimum absolute atomic E-state index is 0.392. The molecule has 0 bridgehead atoms. The van der Waals surface area contributed by atoms with Crippen LogP contribution in [0.4, 0.5) is 5.69 Å². The standard InChI is InChI=1S/C12H20N2O/c1-12(2,13)10-8-9(14(3)4)6-7-11(10)15-5/h6-8H,13H2,1-5H3. The van der Waals surface area contributed by atoms with Gasteiger partial charge in [0.1, 0.15) is 5.75 Å². The van der Waals surface area contributed by atoms with Gasteiger partial charge in [-0.1, -0.05) is 0 Å². The molecule has 0 atom stereocenters. The van der Waals surface area contributed by atoms with E-state index in [2.05, 4.69) is 11.0 Å². The zero-order valence-corrected chi connectivity index (χ0v) is 10.2. The van der Waals surface area contributed by atoms with E-state index in [0.29, 0.717) is 0 Å². The smallest absolute Gasteiger partial charge is 0.124 e. The summed E-state index contributed by atoms with van der Waals surface area (Å²) in [6.07, 6.45) is 0. The fraction of sp³-hybridized carbons (Fsp3) is 0.500. The number of nitrogens with two attached hydrogens (primary N) is 1. The van der Waals surface area contributed by atoms with Gasteiger partial charge in [0, 0.05) is 30.9 Å². The number of hydrogen-bond acceptors (Lipinski definition) is 3. The van der Waals surface area contributed by atoms with Crippen molar-refractivity contribution in [2.75, 3.05) is 26.1 Å². The Hall–Kier alpha value is -1.22. The number of methoxy groups -OCH3 is 1. The van der Waals surface area contributed by atoms with Gasteiger partial charge in [0.25, 0.3) is 0 Å². The van der Waals surface area contributed by atoms with Crippen LogP contribution in [-0.2, 0) is 5.54 Å². The highest BCUT2D eigenvalue weighted by Gasteiger charge is 2.19. The van der Waals surface area contributed by atoms with E-state index in [0.717, 1.165) is 17.0 Å². The lowest BCUT2D eigenvalue weighted by Gasteiger charge is -2.24. The van der Waals surface area contributed by atoms with Crippen LogP contribution in [0.25, 0.3) is 0 Å². The van der Waals surface area contributed by atoms with Gasteiger partial charge in [-0.25, -0.2) is 0 Å². The van der Waals surface area contributed by atoms with Crippen molar-refractivity contribution in [2.24, 2.45) is 5.73 Å². The average molecular weight is 208 g/mol. The Balaban J connectivity index is 3.26. The second kappa shape index (κ2) is 4.11. The first-order chi connectivity index (χ1) is 6.86. The molecule has 0 unspecified atom stereocenters. The van der Waals surface area contributed by atoms with E-state index in [-0.39, 0.29) is 0 Å². The zero-order valence-electron chi connectivity index (χ0n) is 10.2. The highest BCUT2D eigenvalue weighted by molar-refractivity contribution is 5.54. The molecule has 0 aliphatic heterocycles. The summed E-state index contributed by atoms with van der Waals surface area (Å²) in [6, 6.07) is 6.05. The Labute approximate surface area is 91.8 Å². The summed E-state index contributed by atoms with van der Waals surface area (Å²) in [5, 5.41) is 0. The van der Waals surface area contributed by atoms with E-state index in [1.54, 1.807) is 7.11 Å². The van der Waals surface area contributed by atoms with Crippen LogP contribution < -0.4 is 15.4 Å². The number of hydrogen-bond donors (Lipinski definition) is 1. The maximum Gasteiger partial charge on any atom is 0.124 e. The fourth-order valence-electron chi connectivity index (χ4n) is 1.48. The van der Waals surface area contributed by atoms with Crippen molar-refractivity contribution in [3.8, 4) is 5.75 Å². The van der Waals surface area contributed by atoms with Crippen LogP contribution in [0.15, 0.2) is 18.2 Å². The van der Waals surface area contributed by atoms with Crippen molar-refractivity contribution >= 4 is 5.69 Å². The van der Waals surface area contributed by atoms with E-state index < -0.39 is 5.54 Å². The summed E-state index contributed by atoms with van der Waals surface area (Å²) in [4.78, 5) is 2.05. The third kappa shape index (κ3) is 2.63. The van der Waals surface area contributed by atoms with Gasteiger partial charge in [-0.05, 0) is 32.0 Å². The molecule has 1 aromatic carbocycles. The summed E-state index contributed by atoms with van der Waals surface area (Å²) in [6.45, 7) is 3.95. The molecule has 0 spiro atoms. The lowest BCUT2D eigenvalue weighted by atomic mass is 9.94. The van der Waals surface area contributed by atoms with Gasteiger partial charge in [0.15, 0.2) is 0 Å². The molecule has 0 fully saturated rings. The van der Waals surface area contributed by atoms with Crippen LogP contribution in [-0.4, -0.2) is 21.2 Å². The van der Waals surface area contributed by atoms with Crippen molar-refractivity contribution in [1.29, 1.82) is 0 Å². The molecule has 2 N–H and O–H groups in total. The number of anilines is 1. The molecule has 84 valence electrons. The summed E-state index contributed by atoms with van der Waals surface area (Å²) in [7, 11) is 5.68. The zero-order chi connectivity index (χ0) is 11.6. The molecule has 3 heteroatoms. The van der Waals surface area contributed by atoms with Crippen molar-refractivity contribution in [2.45, 2.75) is 19.4 Å². The molecule has 0 aliphatic carbocycles. The van der Waals surface area contributed by atoms with Crippen molar-refractivity contribution < 1.29 is 4.74 Å². The molecule has 15 heavy (non-hydrogen) atoms. The number of benzene rings is 1. The van der Waals surface area contributed by atoms with Crippen LogP contribution in [0, 0.1) is 0 Å². The molecule has 0 aromatic heterocycles. The van der Waals surface area contributed by atoms with E-state index in [4.69, 9.17) is 10.5 Å². The van der Waals surface area contributed by atoms with Gasteiger partial charge < -0.3 is 15.4 Å². The van der Waals surface area contributed by atoms with Gasteiger partial charge in [-0.15, -0.1) is 0 Å². The molecule has 3 nitrogen and oxygen atoms in total. The Kier molecular flexibility index (Phi) is 3.25. The third-order valence-electron chi connectivity index (χ3n) is 2.39. The summed E-state index contributed by atoms with van der Waals surface area (Å²) >= 11 is 0. The topological polar surface area (TPSA) is 38.5 Å². The number of rotatable bonds is 3. The number of nitrogens with zero attached hydrogens (tertiary/aromatic N) is 1. The summed E-state index contributed by atoms with van der Waals surface area (Å²) in [5.41, 5.74) is 7.87. The molecule has 0 heterocycles. The Morgan fingerprint density at radius 3 is 2.27 bits per heavy atom. The predicted molar refractivity (Wildman–Crippen MR) is 64.5 cm³/mol. The molecule has 0 aliphatic rings. The van der Waals surface area contributed by atoms with Crippen LogP contribution in [0.1, 0.15) is 19.4 Å². The van der Waals surface area contributed by atoms with Gasteiger partial charge in [0.2, 0.25) is 0 Å². The first-order valence-electron chi connectivity index (χ1n) is 5.01. The predicted octanol–water partition coefficient (Wildman–Crippen LogP) is 1.95. The molecular weight excluding hydrogens is 188 g/mol. The van der Waals surface area contributed by atoms with Crippen molar-refractivity contribution in [1.82, 2.24) is 0 Å². The summed E-state index contributed by atoms with van der Waals surface area (Å²) < 4.78 is 5.31. The monoisotopic (exact) mass is 208 g/mol. The second-order valence-corrected chi connectivity index (χ2v) is 4.50. The molecule has 0 amide bonds. The molecular formula is C12H20N2O. The van der Waals surface area contributed by atoms with Crippen LogP contribution in [0.5, 0.6) is 5.75 Å². The second-order valence-electron chi connectivity index (χ2n) is 4.50. The Morgan fingerprint density at radius 2 is 1.87 bits per heavy atom. The molecule has 1 rings (SSSR count). The third-order valence-corrected chi connectivity index (χ3v) is 2.39. The van der Waals surface area contributed by atoms with E-state index in [1.165, 1.54) is 0 Å². The van der Waals surface area contributed by atoms with Gasteiger partial charge in [-0.3, -0.25) is 0 Å². The fourth-order valence-corrected chi connectivity index (χ4v) is 1.48. The summed E-state index contributed by atoms with van der Waals surface area (Å²) in [5.74, 6) is 0.841. The minimum Gasteiger partial charge on any atom is -0.496 e. The average Bonchev–Trinajstić information content (AvgIpc) is 2.15. The Bertz CT molecular complexity index is 340. The molecule has 0 saturated heterocycles. The largest absolute Gasteiger partial charge is 0.496 e. The molecule has 1 aromatic rings. The quantitative estimate of drug-likeness (QED) is 0.825. The van der Waals surface area contributed by atoms with E-state index in [9.17, 15) is 0 Å². The highest BCUT2D eigenvalue weighted by Crippen LogP contribution is 2.31. The Morgan fingerprint density at radius 1 is 1.27 bits per heavy atom. The lowest BCUT2D eigenvalue weighted by molar-refractivity contribution is 0.394. The van der Waals surface area contributed by atoms with Crippen molar-refractivity contribution in [3.05, 3.63) is 23.8 Å². The van der Waals surface area contributed by atoms with Gasteiger partial charge in [-0.2, -0.15) is 0 Å². The maximum atomic E-state index is 6.10. The highest BCUT2D eigenvalue weighted by atomic mass is 16.5. The first-order valence-corrected chi connectivity index (χ1v) is 5.01. The normalized spacial score (nSPS) is 11.3. The van der Waals surface area contributed by atoms with Crippen LogP contribution in [0.2, 0.25) is 0 Å². The van der Waals surface area contributed by atoms with Gasteiger partial charge >= 0.3 is 0 Å². The van der Waals surface area contributed by atoms with Crippen LogP contribution in [0.3, 0.4) is 0 Å². The maximum absolute atomic E-state index is 6.10. The minimum atomic E-state index is -0.392. The molecule has 0 radical (unpaired) electrons. The van der Waals surface area contributed by atoms with Gasteiger partial charge in [0.05, 0.1) is 7.11 Å². The van der Waals surface area contributed by atoms with Crippen LogP contribution >= 0.6 is 0 Å². The lowest BCUT2D eigenvalue weighted by Crippen LogP contribution is -2.29. The van der Waals surface area contributed by atoms with Crippen molar-refractivity contribution in [3.63, 3.8) is 0 Å². The number of ether oxygens (including phenoxy) is 1. The van der Waals surface area contributed by atoms with E-state index in [1.807, 2.05) is 40.1 Å². The SMILES string of the molecule is COc1ccc(N(C)C)cc1C(C)(C)N. The first kappa shape index (κ1) is 11.9. The molecule has 0 saturated carbocycles.